The van der Waals surface area contributed by atoms with Gasteiger partial charge in [-0.25, -0.2) is 4.98 Å². The highest BCUT2D eigenvalue weighted by atomic mass is 35.5. The maximum Gasteiger partial charge on any atom is 0.124 e. The van der Waals surface area contributed by atoms with Gasteiger partial charge in [0.05, 0.1) is 5.69 Å². The summed E-state index contributed by atoms with van der Waals surface area (Å²) in [5, 5.41) is 1.56. The molecule has 0 bridgehead atoms. The Kier molecular flexibility index (Phi) is 3.77. The molecule has 0 aliphatic rings. The third-order valence-electron chi connectivity index (χ3n) is 1.96. The highest BCUT2D eigenvalue weighted by Crippen LogP contribution is 2.28. The van der Waals surface area contributed by atoms with Gasteiger partial charge in [-0.3, -0.25) is 4.98 Å². The first kappa shape index (κ1) is 11.4. The lowest BCUT2D eigenvalue weighted by atomic mass is 10.4. The van der Waals surface area contributed by atoms with Crippen molar-refractivity contribution in [2.75, 3.05) is 0 Å². The average molecular weight is 252 g/mol. The molecule has 0 saturated heterocycles. The minimum Gasteiger partial charge on any atom is -0.325 e. The molecule has 0 unspecified atom stereocenters. The molecule has 0 saturated carbocycles. The van der Waals surface area contributed by atoms with Crippen LogP contribution in [0.5, 0.6) is 0 Å². The predicted octanol–water partition coefficient (Wildman–Crippen LogP) is 2.74. The highest BCUT2D eigenvalue weighted by Gasteiger charge is 2.05. The summed E-state index contributed by atoms with van der Waals surface area (Å²) in [6.45, 7) is 0.393. The summed E-state index contributed by atoms with van der Waals surface area (Å²) in [5.74, 6) is 0. The van der Waals surface area contributed by atoms with Gasteiger partial charge in [0.15, 0.2) is 0 Å². The van der Waals surface area contributed by atoms with Crippen molar-refractivity contribution >= 4 is 23.4 Å². The van der Waals surface area contributed by atoms with Gasteiger partial charge in [0.25, 0.3) is 0 Å². The summed E-state index contributed by atoms with van der Waals surface area (Å²) in [4.78, 5) is 9.50. The fraction of sp³-hybridized carbons (Fsp3) is 0.0909. The summed E-state index contributed by atoms with van der Waals surface area (Å²) in [5.41, 5.74) is 6.40. The molecule has 0 atom stereocenters. The first-order chi connectivity index (χ1) is 7.79. The maximum atomic E-state index is 5.82. The maximum absolute atomic E-state index is 5.82. The topological polar surface area (TPSA) is 51.8 Å². The van der Waals surface area contributed by atoms with Crippen molar-refractivity contribution in [3.8, 4) is 0 Å². The smallest absolute Gasteiger partial charge is 0.124 e. The van der Waals surface area contributed by atoms with E-state index < -0.39 is 0 Å². The molecule has 0 fully saturated rings. The van der Waals surface area contributed by atoms with Gasteiger partial charge in [0.2, 0.25) is 0 Å². The van der Waals surface area contributed by atoms with Crippen LogP contribution in [0, 0.1) is 0 Å². The van der Waals surface area contributed by atoms with Crippen LogP contribution < -0.4 is 5.73 Å². The van der Waals surface area contributed by atoms with E-state index in [1.54, 1.807) is 12.4 Å². The molecule has 0 aliphatic carbocycles. The molecule has 0 amide bonds. The van der Waals surface area contributed by atoms with Crippen LogP contribution in [0.25, 0.3) is 0 Å². The van der Waals surface area contributed by atoms with E-state index >= 15 is 0 Å². The van der Waals surface area contributed by atoms with Crippen LogP contribution in [0.4, 0.5) is 0 Å². The normalized spacial score (nSPS) is 10.4. The molecule has 1 aromatic heterocycles. The molecule has 5 heteroatoms. The van der Waals surface area contributed by atoms with E-state index in [-0.39, 0.29) is 0 Å². The van der Waals surface area contributed by atoms with Crippen molar-refractivity contribution in [1.82, 2.24) is 9.97 Å². The number of benzene rings is 1. The van der Waals surface area contributed by atoms with E-state index in [1.807, 2.05) is 24.3 Å². The van der Waals surface area contributed by atoms with Crippen LogP contribution in [0.3, 0.4) is 0 Å². The van der Waals surface area contributed by atoms with Crippen molar-refractivity contribution in [3.63, 3.8) is 0 Å². The lowest BCUT2D eigenvalue weighted by Gasteiger charge is -2.04. The van der Waals surface area contributed by atoms with E-state index in [9.17, 15) is 0 Å². The van der Waals surface area contributed by atoms with Gasteiger partial charge >= 0.3 is 0 Å². The Morgan fingerprint density at radius 3 is 2.50 bits per heavy atom. The van der Waals surface area contributed by atoms with Crippen molar-refractivity contribution in [1.29, 1.82) is 0 Å². The van der Waals surface area contributed by atoms with E-state index in [4.69, 9.17) is 17.3 Å². The monoisotopic (exact) mass is 251 g/mol. The minimum absolute atomic E-state index is 0.393. The van der Waals surface area contributed by atoms with Crippen molar-refractivity contribution in [2.45, 2.75) is 16.5 Å². The standard InChI is InChI=1S/C11H10ClN3S/c12-8-1-3-9(4-2-8)16-11-10(7-13)14-5-6-15-11/h1-6H,7,13H2. The Bertz CT molecular complexity index is 473. The summed E-state index contributed by atoms with van der Waals surface area (Å²) in [6, 6.07) is 7.59. The first-order valence-electron chi connectivity index (χ1n) is 4.73. The third kappa shape index (κ3) is 2.72. The van der Waals surface area contributed by atoms with Crippen molar-refractivity contribution < 1.29 is 0 Å². The molecule has 1 heterocycles. The van der Waals surface area contributed by atoms with E-state index in [1.165, 1.54) is 11.8 Å². The second kappa shape index (κ2) is 5.30. The summed E-state index contributed by atoms with van der Waals surface area (Å²) < 4.78 is 0. The molecule has 2 rings (SSSR count). The van der Waals surface area contributed by atoms with Gasteiger partial charge < -0.3 is 5.73 Å². The Hall–Kier alpha value is -1.10. The summed E-state index contributed by atoms with van der Waals surface area (Å²) in [7, 11) is 0. The van der Waals surface area contributed by atoms with Crippen LogP contribution >= 0.6 is 23.4 Å². The molecule has 0 spiro atoms. The van der Waals surface area contributed by atoms with Crippen LogP contribution in [0.15, 0.2) is 46.6 Å². The zero-order valence-electron chi connectivity index (χ0n) is 8.43. The molecule has 0 radical (unpaired) electrons. The van der Waals surface area contributed by atoms with Gasteiger partial charge in [0.1, 0.15) is 5.03 Å². The van der Waals surface area contributed by atoms with E-state index in [0.29, 0.717) is 6.54 Å². The Morgan fingerprint density at radius 2 is 1.81 bits per heavy atom. The SMILES string of the molecule is NCc1nccnc1Sc1ccc(Cl)cc1. The molecule has 16 heavy (non-hydrogen) atoms. The fourth-order valence-corrected chi connectivity index (χ4v) is 2.18. The molecule has 2 aromatic rings. The van der Waals surface area contributed by atoms with Gasteiger partial charge in [-0.05, 0) is 24.3 Å². The number of nitrogens with two attached hydrogens (primary N) is 1. The van der Waals surface area contributed by atoms with Crippen molar-refractivity contribution in [3.05, 3.63) is 47.4 Å². The van der Waals surface area contributed by atoms with Gasteiger partial charge in [-0.15, -0.1) is 0 Å². The Balaban J connectivity index is 2.23. The zero-order chi connectivity index (χ0) is 11.4. The average Bonchev–Trinajstić information content (AvgIpc) is 2.33. The molecular weight excluding hydrogens is 242 g/mol. The van der Waals surface area contributed by atoms with Gasteiger partial charge in [0, 0.05) is 28.9 Å². The van der Waals surface area contributed by atoms with E-state index in [2.05, 4.69) is 9.97 Å². The van der Waals surface area contributed by atoms with Crippen LogP contribution in [0.2, 0.25) is 5.02 Å². The second-order valence-corrected chi connectivity index (χ2v) is 4.57. The minimum atomic E-state index is 0.393. The molecule has 3 nitrogen and oxygen atoms in total. The first-order valence-corrected chi connectivity index (χ1v) is 5.92. The molecule has 2 N–H and O–H groups in total. The van der Waals surface area contributed by atoms with Crippen LogP contribution in [0.1, 0.15) is 5.69 Å². The zero-order valence-corrected chi connectivity index (χ0v) is 10.0. The van der Waals surface area contributed by atoms with Crippen molar-refractivity contribution in [2.24, 2.45) is 5.73 Å². The van der Waals surface area contributed by atoms with E-state index in [0.717, 1.165) is 20.6 Å². The number of halogens is 1. The Labute approximate surface area is 103 Å². The quantitative estimate of drug-likeness (QED) is 0.911. The molecule has 82 valence electrons. The Morgan fingerprint density at radius 1 is 1.12 bits per heavy atom. The summed E-state index contributed by atoms with van der Waals surface area (Å²) >= 11 is 7.35. The number of nitrogens with zero attached hydrogens (tertiary/aromatic N) is 2. The summed E-state index contributed by atoms with van der Waals surface area (Å²) in [6.07, 6.45) is 3.31. The van der Waals surface area contributed by atoms with Crippen LogP contribution in [-0.2, 0) is 6.54 Å². The molecular formula is C11H10ClN3S. The largest absolute Gasteiger partial charge is 0.325 e. The second-order valence-electron chi connectivity index (χ2n) is 3.07. The van der Waals surface area contributed by atoms with Crippen LogP contribution in [-0.4, -0.2) is 9.97 Å². The number of rotatable bonds is 3. The van der Waals surface area contributed by atoms with Gasteiger partial charge in [-0.1, -0.05) is 23.4 Å². The fourth-order valence-electron chi connectivity index (χ4n) is 1.19. The van der Waals surface area contributed by atoms with Gasteiger partial charge in [-0.2, -0.15) is 0 Å². The number of hydrogen-bond acceptors (Lipinski definition) is 4. The lowest BCUT2D eigenvalue weighted by Crippen LogP contribution is -2.02. The molecule has 0 aliphatic heterocycles. The lowest BCUT2D eigenvalue weighted by molar-refractivity contribution is 0.886. The highest BCUT2D eigenvalue weighted by molar-refractivity contribution is 7.99. The predicted molar refractivity (Wildman–Crippen MR) is 65.5 cm³/mol. The molecule has 1 aromatic carbocycles. The number of hydrogen-bond donors (Lipinski definition) is 1. The third-order valence-corrected chi connectivity index (χ3v) is 3.25. The number of aromatic nitrogens is 2.